The van der Waals surface area contributed by atoms with Gasteiger partial charge in [-0.25, -0.2) is 4.98 Å². The number of benzene rings is 2. The number of aromatic nitrogens is 2. The zero-order chi connectivity index (χ0) is 17.1. The van der Waals surface area contributed by atoms with Crippen molar-refractivity contribution in [1.29, 1.82) is 0 Å². The molecule has 0 aliphatic rings. The lowest BCUT2D eigenvalue weighted by Crippen LogP contribution is -1.97. The molecule has 0 amide bonds. The topological polar surface area (TPSA) is 61.0 Å². The van der Waals surface area contributed by atoms with E-state index in [-0.39, 0.29) is 15.9 Å². The number of rotatable bonds is 5. The normalized spacial score (nSPS) is 12.1. The Hall–Kier alpha value is -2.60. The average molecular weight is 339 g/mol. The van der Waals surface area contributed by atoms with Crippen LogP contribution in [0.3, 0.4) is 0 Å². The van der Waals surface area contributed by atoms with Crippen LogP contribution in [0.25, 0.3) is 11.3 Å². The molecule has 122 valence electrons. The molecular weight excluding hydrogens is 322 g/mol. The van der Waals surface area contributed by atoms with E-state index in [1.165, 1.54) is 6.07 Å². The summed E-state index contributed by atoms with van der Waals surface area (Å²) in [6, 6.07) is 16.9. The van der Waals surface area contributed by atoms with Crippen molar-refractivity contribution >= 4 is 17.4 Å². The molecule has 1 aromatic heterocycles. The Morgan fingerprint density at radius 1 is 1.17 bits per heavy atom. The largest absolute Gasteiger partial charge is 0.322 e. The van der Waals surface area contributed by atoms with Crippen LogP contribution in [0.4, 0.5) is 5.69 Å². The maximum atomic E-state index is 10.9. The maximum absolute atomic E-state index is 10.9. The highest BCUT2D eigenvalue weighted by atomic mass is 32.2. The van der Waals surface area contributed by atoms with Gasteiger partial charge in [0.05, 0.1) is 16.8 Å². The maximum Gasteiger partial charge on any atom is 0.269 e. The minimum atomic E-state index is -0.366. The number of nitrogens with zero attached hydrogens (tertiary/aromatic N) is 3. The quantitative estimate of drug-likeness (QED) is 0.379. The number of nitro benzene ring substituents is 1. The second kappa shape index (κ2) is 6.88. The third-order valence-corrected chi connectivity index (χ3v) is 5.06. The first-order chi connectivity index (χ1) is 11.6. The second-order valence-corrected chi connectivity index (χ2v) is 6.77. The van der Waals surface area contributed by atoms with Crippen molar-refractivity contribution in [3.05, 3.63) is 76.5 Å². The number of nitro groups is 1. The Bertz CT molecular complexity index is 862. The third-order valence-electron chi connectivity index (χ3n) is 3.85. The Labute approximate surface area is 144 Å². The van der Waals surface area contributed by atoms with E-state index in [4.69, 9.17) is 0 Å². The van der Waals surface area contributed by atoms with Gasteiger partial charge in [-0.1, -0.05) is 54.2 Å². The zero-order valence-electron chi connectivity index (χ0n) is 13.4. The van der Waals surface area contributed by atoms with Crippen LogP contribution in [0.2, 0.25) is 0 Å². The van der Waals surface area contributed by atoms with E-state index in [0.717, 1.165) is 22.0 Å². The lowest BCUT2D eigenvalue weighted by atomic mass is 10.1. The number of hydrogen-bond donors (Lipinski definition) is 0. The lowest BCUT2D eigenvalue weighted by Gasteiger charge is -2.12. The molecule has 0 saturated carbocycles. The SMILES string of the molecule is C[C@@H](Sc1ncc(-c2ccccc2)n1C)c1cccc([N+](=O)[O-])c1. The molecule has 2 aromatic carbocycles. The van der Waals surface area contributed by atoms with E-state index in [1.54, 1.807) is 23.9 Å². The lowest BCUT2D eigenvalue weighted by molar-refractivity contribution is -0.384. The molecule has 24 heavy (non-hydrogen) atoms. The molecule has 0 aliphatic carbocycles. The molecule has 0 bridgehead atoms. The Balaban J connectivity index is 1.83. The van der Waals surface area contributed by atoms with Gasteiger partial charge in [0.1, 0.15) is 0 Å². The molecule has 3 aromatic rings. The summed E-state index contributed by atoms with van der Waals surface area (Å²) in [7, 11) is 1.98. The zero-order valence-corrected chi connectivity index (χ0v) is 14.2. The molecule has 0 aliphatic heterocycles. The molecule has 0 saturated heterocycles. The van der Waals surface area contributed by atoms with Crippen LogP contribution in [0, 0.1) is 10.1 Å². The van der Waals surface area contributed by atoms with Crippen molar-refractivity contribution < 1.29 is 4.92 Å². The molecule has 0 radical (unpaired) electrons. The number of non-ortho nitro benzene ring substituents is 1. The minimum Gasteiger partial charge on any atom is -0.322 e. The second-order valence-electron chi connectivity index (χ2n) is 5.46. The van der Waals surface area contributed by atoms with Crippen LogP contribution in [-0.2, 0) is 7.05 Å². The Morgan fingerprint density at radius 2 is 1.92 bits per heavy atom. The number of thioether (sulfide) groups is 1. The molecule has 6 heteroatoms. The summed E-state index contributed by atoms with van der Waals surface area (Å²) in [6.07, 6.45) is 1.86. The summed E-state index contributed by atoms with van der Waals surface area (Å²) in [6.45, 7) is 2.03. The molecule has 1 atom stereocenters. The van der Waals surface area contributed by atoms with E-state index in [9.17, 15) is 10.1 Å². The van der Waals surface area contributed by atoms with Crippen LogP contribution >= 0.6 is 11.8 Å². The van der Waals surface area contributed by atoms with E-state index in [1.807, 2.05) is 49.0 Å². The Kier molecular flexibility index (Phi) is 4.66. The highest BCUT2D eigenvalue weighted by Gasteiger charge is 2.16. The first-order valence-corrected chi connectivity index (χ1v) is 8.42. The monoisotopic (exact) mass is 339 g/mol. The van der Waals surface area contributed by atoms with Crippen LogP contribution < -0.4 is 0 Å². The van der Waals surface area contributed by atoms with Crippen molar-refractivity contribution in [2.75, 3.05) is 0 Å². The van der Waals surface area contributed by atoms with Crippen molar-refractivity contribution in [2.24, 2.45) is 7.05 Å². The van der Waals surface area contributed by atoms with E-state index in [2.05, 4.69) is 17.1 Å². The standard InChI is InChI=1S/C18H17N3O2S/c1-13(15-9-6-10-16(11-15)21(22)23)24-18-19-12-17(20(18)2)14-7-4-3-5-8-14/h3-13H,1-2H3/t13-/m1/s1. The van der Waals surface area contributed by atoms with E-state index in [0.29, 0.717) is 0 Å². The fraction of sp³-hybridized carbons (Fsp3) is 0.167. The highest BCUT2D eigenvalue weighted by Crippen LogP contribution is 2.36. The molecule has 3 rings (SSSR count). The van der Waals surface area contributed by atoms with Gasteiger partial charge in [-0.15, -0.1) is 0 Å². The summed E-state index contributed by atoms with van der Waals surface area (Å²) >= 11 is 1.59. The van der Waals surface area contributed by atoms with Crippen LogP contribution in [0.5, 0.6) is 0 Å². The molecular formula is C18H17N3O2S. The molecule has 0 N–H and O–H groups in total. The van der Waals surface area contributed by atoms with Gasteiger partial charge in [0.15, 0.2) is 5.16 Å². The summed E-state index contributed by atoms with van der Waals surface area (Å²) in [5.74, 6) is 0. The van der Waals surface area contributed by atoms with Gasteiger partial charge in [-0.2, -0.15) is 0 Å². The fourth-order valence-electron chi connectivity index (χ4n) is 2.50. The predicted molar refractivity (Wildman–Crippen MR) is 96.0 cm³/mol. The predicted octanol–water partition coefficient (Wildman–Crippen LogP) is 4.85. The van der Waals surface area contributed by atoms with Gasteiger partial charge in [-0.3, -0.25) is 10.1 Å². The van der Waals surface area contributed by atoms with Crippen LogP contribution in [-0.4, -0.2) is 14.5 Å². The number of hydrogen-bond acceptors (Lipinski definition) is 4. The minimum absolute atomic E-state index is 0.0645. The van der Waals surface area contributed by atoms with Crippen molar-refractivity contribution in [3.63, 3.8) is 0 Å². The summed E-state index contributed by atoms with van der Waals surface area (Å²) in [5, 5.41) is 11.9. The first-order valence-electron chi connectivity index (χ1n) is 7.54. The van der Waals surface area contributed by atoms with Crippen LogP contribution in [0.1, 0.15) is 17.7 Å². The molecule has 0 fully saturated rings. The molecule has 1 heterocycles. The Morgan fingerprint density at radius 3 is 2.62 bits per heavy atom. The van der Waals surface area contributed by atoms with Crippen LogP contribution in [0.15, 0.2) is 66.0 Å². The summed E-state index contributed by atoms with van der Waals surface area (Å²) in [5.41, 5.74) is 3.19. The van der Waals surface area contributed by atoms with Gasteiger partial charge in [0.2, 0.25) is 0 Å². The first kappa shape index (κ1) is 16.3. The highest BCUT2D eigenvalue weighted by molar-refractivity contribution is 7.99. The summed E-state index contributed by atoms with van der Waals surface area (Å²) in [4.78, 5) is 15.1. The van der Waals surface area contributed by atoms with Gasteiger partial charge in [-0.05, 0) is 18.1 Å². The molecule has 5 nitrogen and oxygen atoms in total. The number of imidazole rings is 1. The van der Waals surface area contributed by atoms with Gasteiger partial charge < -0.3 is 4.57 Å². The van der Waals surface area contributed by atoms with Crippen molar-refractivity contribution in [3.8, 4) is 11.3 Å². The average Bonchev–Trinajstić information content (AvgIpc) is 2.96. The van der Waals surface area contributed by atoms with Crippen molar-refractivity contribution in [1.82, 2.24) is 9.55 Å². The van der Waals surface area contributed by atoms with Gasteiger partial charge in [0.25, 0.3) is 5.69 Å². The fourth-order valence-corrected chi connectivity index (χ4v) is 3.47. The van der Waals surface area contributed by atoms with E-state index >= 15 is 0 Å². The molecule has 0 unspecified atom stereocenters. The van der Waals surface area contributed by atoms with Crippen molar-refractivity contribution in [2.45, 2.75) is 17.3 Å². The molecule has 0 spiro atoms. The van der Waals surface area contributed by atoms with Gasteiger partial charge in [0, 0.05) is 24.4 Å². The summed E-state index contributed by atoms with van der Waals surface area (Å²) < 4.78 is 2.05. The smallest absolute Gasteiger partial charge is 0.269 e. The van der Waals surface area contributed by atoms with E-state index < -0.39 is 0 Å². The third kappa shape index (κ3) is 3.33. The van der Waals surface area contributed by atoms with Gasteiger partial charge >= 0.3 is 0 Å².